The van der Waals surface area contributed by atoms with Gasteiger partial charge in [0.05, 0.1) is 5.39 Å². The quantitative estimate of drug-likeness (QED) is 0.418. The summed E-state index contributed by atoms with van der Waals surface area (Å²) in [5, 5.41) is 0.358. The first-order valence-electron chi connectivity index (χ1n) is 7.05. The highest BCUT2D eigenvalue weighted by molar-refractivity contribution is 5.89. The third-order valence-electron chi connectivity index (χ3n) is 3.32. The maximum absolute atomic E-state index is 12.3. The maximum Gasteiger partial charge on any atom is 0.338 e. The molecule has 0 aliphatic carbocycles. The minimum absolute atomic E-state index is 0.196. The number of hydrogen-bond acceptors (Lipinski definition) is 4. The van der Waals surface area contributed by atoms with Crippen LogP contribution in [0.25, 0.3) is 22.3 Å². The zero-order valence-corrected chi connectivity index (χ0v) is 12.5. The number of fused-ring (bicyclic) bond motifs is 1. The monoisotopic (exact) mass is 306 g/mol. The van der Waals surface area contributed by atoms with Gasteiger partial charge in [0.15, 0.2) is 5.43 Å². The lowest BCUT2D eigenvalue weighted by Gasteiger charge is -2.06. The molecule has 0 bridgehead atoms. The number of benzene rings is 2. The number of ether oxygens (including phenoxy) is 1. The molecule has 0 amide bonds. The van der Waals surface area contributed by atoms with Crippen LogP contribution in [0.3, 0.4) is 0 Å². The topological polar surface area (TPSA) is 56.5 Å². The Kier molecular flexibility index (Phi) is 3.81. The molecule has 0 aliphatic rings. The lowest BCUT2D eigenvalue weighted by molar-refractivity contribution is -0.130. The predicted molar refractivity (Wildman–Crippen MR) is 88.4 cm³/mol. The van der Waals surface area contributed by atoms with Gasteiger partial charge in [-0.15, -0.1) is 0 Å². The van der Waals surface area contributed by atoms with E-state index in [1.54, 1.807) is 19.1 Å². The summed E-state index contributed by atoms with van der Waals surface area (Å²) >= 11 is 0. The van der Waals surface area contributed by atoms with E-state index < -0.39 is 5.97 Å². The van der Waals surface area contributed by atoms with Crippen LogP contribution in [0.4, 0.5) is 0 Å². The standard InChI is InChI=1S/C19H14O4/c1-12(2)19(21)22-14-8-9-17-15(10-14)16(20)11-18(23-17)13-6-4-3-5-7-13/h3-11H,1H2,2H3. The fraction of sp³-hybridized carbons (Fsp3) is 0.0526. The SMILES string of the molecule is C=C(C)C(=O)Oc1ccc2oc(-c3ccccc3)cc(=O)c2c1. The van der Waals surface area contributed by atoms with Crippen LogP contribution in [0, 0.1) is 0 Å². The third-order valence-corrected chi connectivity index (χ3v) is 3.32. The van der Waals surface area contributed by atoms with Crippen LogP contribution in [0.1, 0.15) is 6.92 Å². The summed E-state index contributed by atoms with van der Waals surface area (Å²) < 4.78 is 10.9. The van der Waals surface area contributed by atoms with Gasteiger partial charge in [0.1, 0.15) is 17.1 Å². The molecule has 4 nitrogen and oxygen atoms in total. The minimum Gasteiger partial charge on any atom is -0.456 e. The smallest absolute Gasteiger partial charge is 0.338 e. The first-order valence-corrected chi connectivity index (χ1v) is 7.05. The van der Waals surface area contributed by atoms with Crippen molar-refractivity contribution in [2.45, 2.75) is 6.92 Å². The summed E-state index contributed by atoms with van der Waals surface area (Å²) in [6.45, 7) is 5.08. The zero-order valence-electron chi connectivity index (χ0n) is 12.5. The third kappa shape index (κ3) is 3.06. The molecule has 0 aliphatic heterocycles. The van der Waals surface area contributed by atoms with Crippen LogP contribution in [0.15, 0.2) is 76.0 Å². The zero-order chi connectivity index (χ0) is 16.4. The molecule has 1 aromatic heterocycles. The summed E-state index contributed by atoms with van der Waals surface area (Å²) in [6, 6.07) is 15.5. The van der Waals surface area contributed by atoms with Gasteiger partial charge in [-0.1, -0.05) is 36.9 Å². The Hall–Kier alpha value is -3.14. The lowest BCUT2D eigenvalue weighted by atomic mass is 10.1. The van der Waals surface area contributed by atoms with Crippen LogP contribution in [0.2, 0.25) is 0 Å². The highest BCUT2D eigenvalue weighted by Crippen LogP contribution is 2.24. The molecule has 23 heavy (non-hydrogen) atoms. The van der Waals surface area contributed by atoms with Crippen molar-refractivity contribution in [1.29, 1.82) is 0 Å². The number of esters is 1. The molecule has 0 radical (unpaired) electrons. The Morgan fingerprint density at radius 1 is 1.09 bits per heavy atom. The van der Waals surface area contributed by atoms with Gasteiger partial charge in [0, 0.05) is 17.2 Å². The second-order valence-corrected chi connectivity index (χ2v) is 5.17. The van der Waals surface area contributed by atoms with Crippen molar-refractivity contribution in [3.63, 3.8) is 0 Å². The van der Waals surface area contributed by atoms with E-state index in [9.17, 15) is 9.59 Å². The van der Waals surface area contributed by atoms with Crippen molar-refractivity contribution in [1.82, 2.24) is 0 Å². The summed E-state index contributed by atoms with van der Waals surface area (Å²) in [6.07, 6.45) is 0. The van der Waals surface area contributed by atoms with Crippen LogP contribution < -0.4 is 10.2 Å². The van der Waals surface area contributed by atoms with Crippen molar-refractivity contribution in [3.05, 3.63) is 77.0 Å². The molecule has 0 saturated heterocycles. The van der Waals surface area contributed by atoms with E-state index in [1.165, 1.54) is 12.1 Å². The van der Waals surface area contributed by atoms with Crippen molar-refractivity contribution >= 4 is 16.9 Å². The van der Waals surface area contributed by atoms with Crippen molar-refractivity contribution in [2.75, 3.05) is 0 Å². The average molecular weight is 306 g/mol. The number of carbonyl (C=O) groups is 1. The molecule has 0 N–H and O–H groups in total. The largest absolute Gasteiger partial charge is 0.456 e. The van der Waals surface area contributed by atoms with Crippen LogP contribution in [-0.2, 0) is 4.79 Å². The van der Waals surface area contributed by atoms with Gasteiger partial charge in [0.25, 0.3) is 0 Å². The van der Waals surface area contributed by atoms with Gasteiger partial charge in [0.2, 0.25) is 0 Å². The Bertz CT molecular complexity index is 952. The maximum atomic E-state index is 12.3. The van der Waals surface area contributed by atoms with Gasteiger partial charge in [-0.2, -0.15) is 0 Å². The summed E-state index contributed by atoms with van der Waals surface area (Å²) in [4.78, 5) is 23.9. The van der Waals surface area contributed by atoms with Crippen LogP contribution in [0.5, 0.6) is 5.75 Å². The molecule has 0 saturated carbocycles. The fourth-order valence-corrected chi connectivity index (χ4v) is 2.14. The lowest BCUT2D eigenvalue weighted by Crippen LogP contribution is -2.08. The van der Waals surface area contributed by atoms with E-state index >= 15 is 0 Å². The van der Waals surface area contributed by atoms with Crippen molar-refractivity contribution in [3.8, 4) is 17.1 Å². The second kappa shape index (κ2) is 5.93. The second-order valence-electron chi connectivity index (χ2n) is 5.17. The fourth-order valence-electron chi connectivity index (χ4n) is 2.14. The van der Waals surface area contributed by atoms with E-state index in [4.69, 9.17) is 9.15 Å². The summed E-state index contributed by atoms with van der Waals surface area (Å²) in [5.41, 5.74) is 1.35. The Labute approximate surface area is 132 Å². The van der Waals surface area contributed by atoms with Crippen molar-refractivity contribution < 1.29 is 13.9 Å². The molecule has 0 fully saturated rings. The first kappa shape index (κ1) is 14.8. The van der Waals surface area contributed by atoms with Gasteiger partial charge < -0.3 is 9.15 Å². The summed E-state index contributed by atoms with van der Waals surface area (Å²) in [5.74, 6) is 0.245. The number of carbonyl (C=O) groups excluding carboxylic acids is 1. The Morgan fingerprint density at radius 3 is 2.52 bits per heavy atom. The van der Waals surface area contributed by atoms with Gasteiger partial charge >= 0.3 is 5.97 Å². The molecule has 0 unspecified atom stereocenters. The van der Waals surface area contributed by atoms with E-state index in [2.05, 4.69) is 6.58 Å². The first-order chi connectivity index (χ1) is 11.0. The molecular weight excluding hydrogens is 292 g/mol. The summed E-state index contributed by atoms with van der Waals surface area (Å²) in [7, 11) is 0. The molecule has 3 rings (SSSR count). The molecule has 114 valence electrons. The molecular formula is C19H14O4. The van der Waals surface area contributed by atoms with Gasteiger partial charge in [-0.05, 0) is 25.1 Å². The highest BCUT2D eigenvalue weighted by Gasteiger charge is 2.10. The molecule has 1 heterocycles. The Balaban J connectivity index is 2.05. The molecule has 2 aromatic carbocycles. The van der Waals surface area contributed by atoms with Gasteiger partial charge in [-0.25, -0.2) is 4.79 Å². The van der Waals surface area contributed by atoms with E-state index in [-0.39, 0.29) is 16.8 Å². The molecule has 0 spiro atoms. The highest BCUT2D eigenvalue weighted by atomic mass is 16.5. The van der Waals surface area contributed by atoms with Crippen molar-refractivity contribution in [2.24, 2.45) is 0 Å². The number of rotatable bonds is 3. The van der Waals surface area contributed by atoms with E-state index in [0.717, 1.165) is 5.56 Å². The van der Waals surface area contributed by atoms with Crippen LogP contribution in [-0.4, -0.2) is 5.97 Å². The molecule has 4 heteroatoms. The van der Waals surface area contributed by atoms with E-state index in [1.807, 2.05) is 30.3 Å². The molecule has 3 aromatic rings. The molecule has 0 atom stereocenters. The Morgan fingerprint density at radius 2 is 1.83 bits per heavy atom. The average Bonchev–Trinajstić information content (AvgIpc) is 2.56. The number of hydrogen-bond donors (Lipinski definition) is 0. The predicted octanol–water partition coefficient (Wildman–Crippen LogP) is 3.94. The van der Waals surface area contributed by atoms with Gasteiger partial charge in [-0.3, -0.25) is 4.79 Å². The minimum atomic E-state index is -0.533. The van der Waals surface area contributed by atoms with E-state index in [0.29, 0.717) is 16.7 Å². The van der Waals surface area contributed by atoms with Crippen LogP contribution >= 0.6 is 0 Å². The normalized spacial score (nSPS) is 10.5.